The van der Waals surface area contributed by atoms with Gasteiger partial charge in [0.2, 0.25) is 0 Å². The maximum absolute atomic E-state index is 3.37. The number of aromatic amines is 1. The standard InChI is InChI=1S/C13H15NSi/c1-15(2,3)9-7-11-4-5-13-12(10-11)6-8-14-13/h4-6,8,10,14H,1-3H3. The molecule has 0 radical (unpaired) electrons. The predicted octanol–water partition coefficient (Wildman–Crippen LogP) is 3.40. The molecule has 0 saturated carbocycles. The van der Waals surface area contributed by atoms with Gasteiger partial charge in [0.25, 0.3) is 0 Å². The van der Waals surface area contributed by atoms with Gasteiger partial charge in [-0.15, -0.1) is 5.54 Å². The van der Waals surface area contributed by atoms with Crippen molar-refractivity contribution in [3.8, 4) is 11.5 Å². The molecule has 76 valence electrons. The molecule has 0 atom stereocenters. The van der Waals surface area contributed by atoms with E-state index in [1.54, 1.807) is 0 Å². The number of hydrogen-bond acceptors (Lipinski definition) is 0. The van der Waals surface area contributed by atoms with Crippen LogP contribution in [0, 0.1) is 11.5 Å². The van der Waals surface area contributed by atoms with Crippen LogP contribution in [0.1, 0.15) is 5.56 Å². The third-order valence-corrected chi connectivity index (χ3v) is 3.01. The van der Waals surface area contributed by atoms with E-state index in [1.807, 2.05) is 6.20 Å². The SMILES string of the molecule is C[Si](C)(C)C#Cc1ccc2[nH]ccc2c1. The summed E-state index contributed by atoms with van der Waals surface area (Å²) in [7, 11) is -1.26. The van der Waals surface area contributed by atoms with E-state index in [0.717, 1.165) is 5.56 Å². The summed E-state index contributed by atoms with van der Waals surface area (Å²) >= 11 is 0. The summed E-state index contributed by atoms with van der Waals surface area (Å²) in [5, 5.41) is 1.23. The van der Waals surface area contributed by atoms with Crippen molar-refractivity contribution in [3.05, 3.63) is 36.0 Å². The Bertz CT molecular complexity index is 535. The quantitative estimate of drug-likeness (QED) is 0.510. The minimum atomic E-state index is -1.26. The Labute approximate surface area is 91.5 Å². The molecule has 2 aromatic rings. The minimum Gasteiger partial charge on any atom is -0.361 e. The first-order valence-electron chi connectivity index (χ1n) is 5.15. The summed E-state index contributed by atoms with van der Waals surface area (Å²) in [6.45, 7) is 6.78. The molecule has 1 aromatic carbocycles. The van der Waals surface area contributed by atoms with E-state index in [4.69, 9.17) is 0 Å². The molecule has 1 aromatic heterocycles. The Morgan fingerprint density at radius 3 is 2.67 bits per heavy atom. The molecule has 0 aliphatic heterocycles. The van der Waals surface area contributed by atoms with Crippen LogP contribution in [0.4, 0.5) is 0 Å². The molecular formula is C13H15NSi. The number of benzene rings is 1. The number of nitrogens with one attached hydrogen (secondary N) is 1. The van der Waals surface area contributed by atoms with Crippen LogP contribution in [0.2, 0.25) is 19.6 Å². The minimum absolute atomic E-state index is 1.12. The van der Waals surface area contributed by atoms with Gasteiger partial charge in [-0.25, -0.2) is 0 Å². The highest BCUT2D eigenvalue weighted by atomic mass is 28.3. The van der Waals surface area contributed by atoms with Gasteiger partial charge in [-0.3, -0.25) is 0 Å². The van der Waals surface area contributed by atoms with Crippen molar-refractivity contribution in [3.63, 3.8) is 0 Å². The highest BCUT2D eigenvalue weighted by molar-refractivity contribution is 6.83. The smallest absolute Gasteiger partial charge is 0.129 e. The molecule has 0 aliphatic carbocycles. The van der Waals surface area contributed by atoms with Gasteiger partial charge in [-0.2, -0.15) is 0 Å². The zero-order valence-corrected chi connectivity index (χ0v) is 10.4. The van der Waals surface area contributed by atoms with Crippen LogP contribution in [0.15, 0.2) is 30.5 Å². The molecule has 1 heterocycles. The fraction of sp³-hybridized carbons (Fsp3) is 0.231. The van der Waals surface area contributed by atoms with Crippen LogP contribution in [-0.4, -0.2) is 13.1 Å². The van der Waals surface area contributed by atoms with Gasteiger partial charge >= 0.3 is 0 Å². The van der Waals surface area contributed by atoms with Gasteiger partial charge in [0, 0.05) is 22.7 Å². The van der Waals surface area contributed by atoms with E-state index < -0.39 is 8.07 Å². The third-order valence-electron chi connectivity index (χ3n) is 2.14. The lowest BCUT2D eigenvalue weighted by Gasteiger charge is -2.03. The first-order valence-corrected chi connectivity index (χ1v) is 8.65. The molecular weight excluding hydrogens is 198 g/mol. The number of H-pyrrole nitrogens is 1. The molecule has 0 fully saturated rings. The fourth-order valence-electron chi connectivity index (χ4n) is 1.39. The van der Waals surface area contributed by atoms with Crippen LogP contribution in [0.5, 0.6) is 0 Å². The van der Waals surface area contributed by atoms with Gasteiger partial charge in [-0.05, 0) is 24.3 Å². The summed E-state index contributed by atoms with van der Waals surface area (Å²) in [5.74, 6) is 3.26. The fourth-order valence-corrected chi connectivity index (χ4v) is 1.91. The van der Waals surface area contributed by atoms with E-state index in [-0.39, 0.29) is 0 Å². The summed E-state index contributed by atoms with van der Waals surface area (Å²) < 4.78 is 0. The summed E-state index contributed by atoms with van der Waals surface area (Å²) in [6, 6.07) is 8.38. The number of fused-ring (bicyclic) bond motifs is 1. The van der Waals surface area contributed by atoms with Gasteiger partial charge in [0.15, 0.2) is 0 Å². The summed E-state index contributed by atoms with van der Waals surface area (Å²) in [5.41, 5.74) is 5.66. The Kier molecular flexibility index (Phi) is 2.41. The van der Waals surface area contributed by atoms with Crippen molar-refractivity contribution >= 4 is 19.0 Å². The molecule has 0 saturated heterocycles. The zero-order chi connectivity index (χ0) is 10.9. The Hall–Kier alpha value is -1.46. The molecule has 0 unspecified atom stereocenters. The molecule has 0 spiro atoms. The van der Waals surface area contributed by atoms with Crippen molar-refractivity contribution in [2.24, 2.45) is 0 Å². The van der Waals surface area contributed by atoms with Crippen molar-refractivity contribution in [2.45, 2.75) is 19.6 Å². The maximum Gasteiger partial charge on any atom is 0.129 e. The second kappa shape index (κ2) is 3.60. The number of hydrogen-bond donors (Lipinski definition) is 1. The highest BCUT2D eigenvalue weighted by Gasteiger charge is 2.07. The van der Waals surface area contributed by atoms with E-state index >= 15 is 0 Å². The van der Waals surface area contributed by atoms with Gasteiger partial charge < -0.3 is 4.98 Å². The van der Waals surface area contributed by atoms with Crippen LogP contribution in [0.25, 0.3) is 10.9 Å². The largest absolute Gasteiger partial charge is 0.361 e. The van der Waals surface area contributed by atoms with E-state index in [0.29, 0.717) is 0 Å². The van der Waals surface area contributed by atoms with Gasteiger partial charge in [0.05, 0.1) is 0 Å². The lowest BCUT2D eigenvalue weighted by atomic mass is 10.2. The highest BCUT2D eigenvalue weighted by Crippen LogP contribution is 2.13. The van der Waals surface area contributed by atoms with Crippen LogP contribution < -0.4 is 0 Å². The average molecular weight is 213 g/mol. The first-order chi connectivity index (χ1) is 7.04. The molecule has 0 aliphatic rings. The zero-order valence-electron chi connectivity index (χ0n) is 9.39. The van der Waals surface area contributed by atoms with Crippen molar-refractivity contribution in [2.75, 3.05) is 0 Å². The monoisotopic (exact) mass is 213 g/mol. The number of rotatable bonds is 0. The van der Waals surface area contributed by atoms with Crippen molar-refractivity contribution in [1.29, 1.82) is 0 Å². The van der Waals surface area contributed by atoms with E-state index in [2.05, 4.69) is 60.4 Å². The van der Waals surface area contributed by atoms with Crippen molar-refractivity contribution < 1.29 is 0 Å². The molecule has 0 amide bonds. The molecule has 2 rings (SSSR count). The Morgan fingerprint density at radius 1 is 1.13 bits per heavy atom. The number of aromatic nitrogens is 1. The lowest BCUT2D eigenvalue weighted by molar-refractivity contribution is 1.48. The Balaban J connectivity index is 2.39. The molecule has 15 heavy (non-hydrogen) atoms. The second-order valence-electron chi connectivity index (χ2n) is 4.78. The predicted molar refractivity (Wildman–Crippen MR) is 68.5 cm³/mol. The van der Waals surface area contributed by atoms with Crippen LogP contribution in [0.3, 0.4) is 0 Å². The molecule has 0 bridgehead atoms. The normalized spacial score (nSPS) is 11.1. The maximum atomic E-state index is 3.37. The summed E-state index contributed by atoms with van der Waals surface area (Å²) in [4.78, 5) is 3.18. The molecule has 1 N–H and O–H groups in total. The molecule has 2 heteroatoms. The second-order valence-corrected chi connectivity index (χ2v) is 9.53. The third kappa shape index (κ3) is 2.51. The van der Waals surface area contributed by atoms with Crippen molar-refractivity contribution in [1.82, 2.24) is 4.98 Å². The van der Waals surface area contributed by atoms with E-state index in [1.165, 1.54) is 10.9 Å². The Morgan fingerprint density at radius 2 is 1.93 bits per heavy atom. The van der Waals surface area contributed by atoms with E-state index in [9.17, 15) is 0 Å². The average Bonchev–Trinajstić information content (AvgIpc) is 2.60. The van der Waals surface area contributed by atoms with Gasteiger partial charge in [-0.1, -0.05) is 25.6 Å². The summed E-state index contributed by atoms with van der Waals surface area (Å²) in [6.07, 6.45) is 1.96. The van der Waals surface area contributed by atoms with Gasteiger partial charge in [0.1, 0.15) is 8.07 Å². The van der Waals surface area contributed by atoms with Crippen LogP contribution in [-0.2, 0) is 0 Å². The first kappa shape index (κ1) is 10.1. The molecule has 1 nitrogen and oxygen atoms in total. The topological polar surface area (TPSA) is 15.8 Å². The lowest BCUT2D eigenvalue weighted by Crippen LogP contribution is -2.16. The van der Waals surface area contributed by atoms with Crippen LogP contribution >= 0.6 is 0 Å².